The minimum Gasteiger partial charge on any atom is -0.394 e. The summed E-state index contributed by atoms with van der Waals surface area (Å²) >= 11 is 0. The molecule has 0 radical (unpaired) electrons. The van der Waals surface area contributed by atoms with Gasteiger partial charge in [-0.15, -0.1) is 0 Å². The van der Waals surface area contributed by atoms with E-state index in [9.17, 15) is 19.1 Å². The Kier molecular flexibility index (Phi) is 4.60. The Morgan fingerprint density at radius 3 is 2.62 bits per heavy atom. The summed E-state index contributed by atoms with van der Waals surface area (Å²) in [5.74, 6) is 0. The summed E-state index contributed by atoms with van der Waals surface area (Å²) in [7, 11) is 0. The fourth-order valence-corrected chi connectivity index (χ4v) is 2.44. The van der Waals surface area contributed by atoms with Gasteiger partial charge in [0.2, 0.25) is 0 Å². The summed E-state index contributed by atoms with van der Waals surface area (Å²) in [6.45, 7) is 3.00. The maximum atomic E-state index is 14.1. The Morgan fingerprint density at radius 2 is 2.10 bits per heavy atom. The van der Waals surface area contributed by atoms with Crippen molar-refractivity contribution in [2.45, 2.75) is 51.4 Å². The molecule has 1 aliphatic heterocycles. The molecule has 2 heterocycles. The summed E-state index contributed by atoms with van der Waals surface area (Å²) in [5.41, 5.74) is -0.836. The maximum absolute atomic E-state index is 14.1. The van der Waals surface area contributed by atoms with Crippen LogP contribution in [0.15, 0.2) is 15.8 Å². The molecule has 1 fully saturated rings. The first-order chi connectivity index (χ1) is 9.92. The molecule has 0 aromatic carbocycles. The molecule has 1 unspecified atom stereocenters. The minimum atomic E-state index is -1.85. The molecule has 21 heavy (non-hydrogen) atoms. The predicted molar refractivity (Wildman–Crippen MR) is 71.9 cm³/mol. The van der Waals surface area contributed by atoms with Crippen LogP contribution in [0.4, 0.5) is 4.39 Å². The van der Waals surface area contributed by atoms with Gasteiger partial charge in [0.1, 0.15) is 12.2 Å². The van der Waals surface area contributed by atoms with E-state index in [1.54, 1.807) is 0 Å². The highest BCUT2D eigenvalue weighted by Crippen LogP contribution is 2.30. The molecule has 0 spiro atoms. The van der Waals surface area contributed by atoms with Crippen LogP contribution in [0.3, 0.4) is 0 Å². The average molecular weight is 302 g/mol. The van der Waals surface area contributed by atoms with Crippen molar-refractivity contribution < 1.29 is 19.3 Å². The molecule has 0 aliphatic carbocycles. The van der Waals surface area contributed by atoms with Crippen LogP contribution in [0.1, 0.15) is 25.1 Å². The molecule has 2 N–H and O–H groups in total. The highest BCUT2D eigenvalue weighted by Gasteiger charge is 2.45. The van der Waals surface area contributed by atoms with Crippen molar-refractivity contribution in [3.05, 3.63) is 32.6 Å². The lowest BCUT2D eigenvalue weighted by Crippen LogP contribution is -2.43. The van der Waals surface area contributed by atoms with Crippen LogP contribution in [-0.2, 0) is 11.3 Å². The van der Waals surface area contributed by atoms with Gasteiger partial charge in [-0.05, 0) is 13.3 Å². The van der Waals surface area contributed by atoms with Gasteiger partial charge in [0, 0.05) is 18.3 Å². The van der Waals surface area contributed by atoms with E-state index in [1.807, 2.05) is 6.92 Å². The third kappa shape index (κ3) is 2.66. The van der Waals surface area contributed by atoms with Gasteiger partial charge in [-0.2, -0.15) is 0 Å². The molecule has 0 saturated carbocycles. The number of aliphatic hydroxyl groups is 2. The van der Waals surface area contributed by atoms with E-state index in [-0.39, 0.29) is 12.1 Å². The number of alkyl halides is 1. The molecule has 0 amide bonds. The summed E-state index contributed by atoms with van der Waals surface area (Å²) in [5, 5.41) is 18.7. The van der Waals surface area contributed by atoms with Crippen molar-refractivity contribution in [2.75, 3.05) is 6.61 Å². The Bertz CT molecular complexity index is 626. The molecule has 1 saturated heterocycles. The molecule has 1 aliphatic rings. The molecule has 118 valence electrons. The first-order valence-electron chi connectivity index (χ1n) is 6.83. The van der Waals surface area contributed by atoms with Gasteiger partial charge < -0.3 is 14.9 Å². The van der Waals surface area contributed by atoms with Crippen LogP contribution in [0, 0.1) is 6.92 Å². The molecule has 8 heteroatoms. The number of hydrogen-bond acceptors (Lipinski definition) is 5. The second-order valence-corrected chi connectivity index (χ2v) is 5.14. The summed E-state index contributed by atoms with van der Waals surface area (Å²) < 4.78 is 21.3. The molecule has 7 nitrogen and oxygen atoms in total. The highest BCUT2D eigenvalue weighted by molar-refractivity contribution is 5.05. The standard InChI is InChI=1S/C13H19FN2O5/c1-3-4-15-11(19)7(2)5-16(13(15)20)12-9(14)10(18)8(6-17)21-12/h5,8-10,12,17-18H,3-4,6H2,1-2H3/t8-,9-,10?,12-/m1/s1. The average Bonchev–Trinajstić information content (AvgIpc) is 2.75. The van der Waals surface area contributed by atoms with Gasteiger partial charge in [-0.1, -0.05) is 6.92 Å². The Labute approximate surface area is 120 Å². The Balaban J connectivity index is 2.50. The van der Waals surface area contributed by atoms with E-state index in [2.05, 4.69) is 0 Å². The summed E-state index contributed by atoms with van der Waals surface area (Å²) in [6, 6.07) is 0. The van der Waals surface area contributed by atoms with Gasteiger partial charge in [0.05, 0.1) is 6.61 Å². The molecular formula is C13H19FN2O5. The number of aromatic nitrogens is 2. The molecule has 0 bridgehead atoms. The van der Waals surface area contributed by atoms with Crippen molar-refractivity contribution in [1.82, 2.24) is 9.13 Å². The zero-order chi connectivity index (χ0) is 15.7. The monoisotopic (exact) mass is 302 g/mol. The normalized spacial score (nSPS) is 29.0. The number of nitrogens with zero attached hydrogens (tertiary/aromatic N) is 2. The topological polar surface area (TPSA) is 93.7 Å². The quantitative estimate of drug-likeness (QED) is 0.768. The first-order valence-corrected chi connectivity index (χ1v) is 6.83. The van der Waals surface area contributed by atoms with Gasteiger partial charge >= 0.3 is 5.69 Å². The predicted octanol–water partition coefficient (Wildman–Crippen LogP) is -0.683. The van der Waals surface area contributed by atoms with E-state index >= 15 is 0 Å². The fourth-order valence-electron chi connectivity index (χ4n) is 2.44. The smallest absolute Gasteiger partial charge is 0.333 e. The van der Waals surface area contributed by atoms with Crippen molar-refractivity contribution in [2.24, 2.45) is 0 Å². The number of halogens is 1. The van der Waals surface area contributed by atoms with E-state index in [1.165, 1.54) is 13.1 Å². The van der Waals surface area contributed by atoms with Gasteiger partial charge in [0.25, 0.3) is 5.56 Å². The molecule has 1 aromatic rings. The Hall–Kier alpha value is -1.51. The van der Waals surface area contributed by atoms with Gasteiger partial charge in [-0.25, -0.2) is 9.18 Å². The molecule has 4 atom stereocenters. The van der Waals surface area contributed by atoms with Crippen LogP contribution in [0.2, 0.25) is 0 Å². The van der Waals surface area contributed by atoms with Crippen molar-refractivity contribution >= 4 is 0 Å². The van der Waals surface area contributed by atoms with Crippen LogP contribution >= 0.6 is 0 Å². The number of aryl methyl sites for hydroxylation is 1. The SMILES string of the molecule is CCCn1c(=O)c(C)cn([C@@H]2O[C@H](CO)C(O)[C@H]2F)c1=O. The van der Waals surface area contributed by atoms with E-state index in [4.69, 9.17) is 9.84 Å². The largest absolute Gasteiger partial charge is 0.394 e. The lowest BCUT2D eigenvalue weighted by molar-refractivity contribution is -0.0497. The maximum Gasteiger partial charge on any atom is 0.333 e. The van der Waals surface area contributed by atoms with Crippen LogP contribution in [0.5, 0.6) is 0 Å². The molecular weight excluding hydrogens is 283 g/mol. The zero-order valence-corrected chi connectivity index (χ0v) is 11.9. The van der Waals surface area contributed by atoms with E-state index in [0.29, 0.717) is 6.42 Å². The second kappa shape index (κ2) is 6.08. The van der Waals surface area contributed by atoms with Crippen LogP contribution in [0.25, 0.3) is 0 Å². The minimum absolute atomic E-state index is 0.217. The summed E-state index contributed by atoms with van der Waals surface area (Å²) in [4.78, 5) is 24.2. The van der Waals surface area contributed by atoms with Crippen molar-refractivity contribution in [1.29, 1.82) is 0 Å². The van der Waals surface area contributed by atoms with E-state index < -0.39 is 42.5 Å². The van der Waals surface area contributed by atoms with Crippen LogP contribution in [-0.4, -0.2) is 44.3 Å². The van der Waals surface area contributed by atoms with Gasteiger partial charge in [-0.3, -0.25) is 13.9 Å². The number of ether oxygens (including phenoxy) is 1. The van der Waals surface area contributed by atoms with Crippen LogP contribution < -0.4 is 11.2 Å². The fraction of sp³-hybridized carbons (Fsp3) is 0.692. The highest BCUT2D eigenvalue weighted by atomic mass is 19.1. The van der Waals surface area contributed by atoms with Crippen molar-refractivity contribution in [3.63, 3.8) is 0 Å². The van der Waals surface area contributed by atoms with E-state index in [0.717, 1.165) is 9.13 Å². The Morgan fingerprint density at radius 1 is 1.43 bits per heavy atom. The lowest BCUT2D eigenvalue weighted by atomic mass is 10.1. The third-order valence-electron chi connectivity index (χ3n) is 3.56. The van der Waals surface area contributed by atoms with Gasteiger partial charge in [0.15, 0.2) is 12.4 Å². The number of hydrogen-bond donors (Lipinski definition) is 2. The second-order valence-electron chi connectivity index (χ2n) is 5.14. The molecule has 2 rings (SSSR count). The van der Waals surface area contributed by atoms with Crippen molar-refractivity contribution in [3.8, 4) is 0 Å². The summed E-state index contributed by atoms with van der Waals surface area (Å²) in [6.07, 6.45) is -4.02. The number of rotatable bonds is 4. The first kappa shape index (κ1) is 15.9. The zero-order valence-electron chi connectivity index (χ0n) is 11.9. The number of aliphatic hydroxyl groups excluding tert-OH is 2. The lowest BCUT2D eigenvalue weighted by Gasteiger charge is -2.18. The third-order valence-corrected chi connectivity index (χ3v) is 3.56. The molecule has 1 aromatic heterocycles.